The minimum absolute atomic E-state index is 0.237. The molecular weight excluding hydrogens is 377 g/mol. The van der Waals surface area contributed by atoms with Gasteiger partial charge in [0, 0.05) is 11.8 Å². The smallest absolute Gasteiger partial charge is 0.291 e. The fraction of sp³-hybridized carbons (Fsp3) is 0.105. The number of halogens is 2. The number of ether oxygens (including phenoxy) is 2. The molecule has 1 heterocycles. The lowest BCUT2D eigenvalue weighted by Gasteiger charge is -2.11. The third-order valence-corrected chi connectivity index (χ3v) is 3.95. The Kier molecular flexibility index (Phi) is 6.04. The molecule has 0 aliphatic heterocycles. The SMILES string of the molecule is O=C(Nc1cccc(OCCOc2c(Cl)cccc2Cl)c1)c1ccco1. The van der Waals surface area contributed by atoms with E-state index < -0.39 is 0 Å². The van der Waals surface area contributed by atoms with Crippen molar-refractivity contribution in [3.8, 4) is 11.5 Å². The lowest BCUT2D eigenvalue weighted by Crippen LogP contribution is -2.12. The summed E-state index contributed by atoms with van der Waals surface area (Å²) in [5.74, 6) is 0.931. The average molecular weight is 392 g/mol. The molecule has 2 aromatic carbocycles. The Morgan fingerprint density at radius 2 is 1.69 bits per heavy atom. The summed E-state index contributed by atoms with van der Waals surface area (Å²) in [6, 6.07) is 15.4. The van der Waals surface area contributed by atoms with Crippen molar-refractivity contribution in [1.82, 2.24) is 0 Å². The molecule has 0 spiro atoms. The number of rotatable bonds is 7. The van der Waals surface area contributed by atoms with E-state index in [2.05, 4.69) is 5.32 Å². The highest BCUT2D eigenvalue weighted by Gasteiger charge is 2.09. The van der Waals surface area contributed by atoms with Crippen LogP contribution in [0.4, 0.5) is 5.69 Å². The molecular formula is C19H15Cl2NO4. The van der Waals surface area contributed by atoms with Crippen LogP contribution in [-0.2, 0) is 0 Å². The molecule has 1 aromatic heterocycles. The van der Waals surface area contributed by atoms with Crippen LogP contribution >= 0.6 is 23.2 Å². The summed E-state index contributed by atoms with van der Waals surface area (Å²) in [6.07, 6.45) is 1.44. The van der Waals surface area contributed by atoms with E-state index in [4.69, 9.17) is 37.1 Å². The fourth-order valence-electron chi connectivity index (χ4n) is 2.19. The van der Waals surface area contributed by atoms with Crippen LogP contribution in [0.15, 0.2) is 65.3 Å². The molecule has 0 atom stereocenters. The molecule has 1 amide bonds. The normalized spacial score (nSPS) is 10.4. The summed E-state index contributed by atoms with van der Waals surface area (Å²) >= 11 is 12.1. The standard InChI is InChI=1S/C19H15Cl2NO4/c20-15-6-2-7-16(21)18(15)26-11-10-24-14-5-1-4-13(12-14)22-19(23)17-8-3-9-25-17/h1-9,12H,10-11H2,(H,22,23). The van der Waals surface area contributed by atoms with Gasteiger partial charge in [0.1, 0.15) is 19.0 Å². The predicted octanol–water partition coefficient (Wildman–Crippen LogP) is 5.30. The van der Waals surface area contributed by atoms with E-state index in [1.165, 1.54) is 6.26 Å². The van der Waals surface area contributed by atoms with Gasteiger partial charge < -0.3 is 19.2 Å². The number of hydrogen-bond acceptors (Lipinski definition) is 4. The summed E-state index contributed by atoms with van der Waals surface area (Å²) < 4.78 is 16.3. The maximum absolute atomic E-state index is 12.0. The second kappa shape index (κ2) is 8.65. The van der Waals surface area contributed by atoms with Crippen molar-refractivity contribution < 1.29 is 18.7 Å². The number of carbonyl (C=O) groups excluding carboxylic acids is 1. The van der Waals surface area contributed by atoms with Gasteiger partial charge >= 0.3 is 0 Å². The largest absolute Gasteiger partial charge is 0.490 e. The molecule has 0 fully saturated rings. The molecule has 0 aliphatic carbocycles. The van der Waals surface area contributed by atoms with Crippen LogP contribution in [0.2, 0.25) is 10.0 Å². The Balaban J connectivity index is 1.52. The van der Waals surface area contributed by atoms with Gasteiger partial charge in [0.2, 0.25) is 0 Å². The van der Waals surface area contributed by atoms with Crippen molar-refractivity contribution in [1.29, 1.82) is 0 Å². The summed E-state index contributed by atoms with van der Waals surface area (Å²) in [4.78, 5) is 12.0. The molecule has 0 aliphatic rings. The molecule has 0 saturated carbocycles. The monoisotopic (exact) mass is 391 g/mol. The number of amides is 1. The van der Waals surface area contributed by atoms with Gasteiger partial charge in [0.25, 0.3) is 5.91 Å². The molecule has 0 unspecified atom stereocenters. The summed E-state index contributed by atoms with van der Waals surface area (Å²) in [5.41, 5.74) is 0.596. The number of para-hydroxylation sites is 1. The van der Waals surface area contributed by atoms with E-state index in [0.717, 1.165) is 0 Å². The number of benzene rings is 2. The van der Waals surface area contributed by atoms with Crippen LogP contribution in [0.5, 0.6) is 11.5 Å². The minimum Gasteiger partial charge on any atom is -0.490 e. The van der Waals surface area contributed by atoms with Crippen LogP contribution in [0.1, 0.15) is 10.6 Å². The van der Waals surface area contributed by atoms with Crippen LogP contribution in [0.25, 0.3) is 0 Å². The molecule has 5 nitrogen and oxygen atoms in total. The van der Waals surface area contributed by atoms with Gasteiger partial charge in [-0.2, -0.15) is 0 Å². The number of hydrogen-bond donors (Lipinski definition) is 1. The summed E-state index contributed by atoms with van der Waals surface area (Å²) in [5, 5.41) is 3.63. The maximum Gasteiger partial charge on any atom is 0.291 e. The Labute approximate surface area is 160 Å². The molecule has 3 rings (SSSR count). The summed E-state index contributed by atoms with van der Waals surface area (Å²) in [6.45, 7) is 0.559. The molecule has 26 heavy (non-hydrogen) atoms. The zero-order valence-electron chi connectivity index (χ0n) is 13.6. The van der Waals surface area contributed by atoms with Crippen LogP contribution in [0, 0.1) is 0 Å². The highest BCUT2D eigenvalue weighted by atomic mass is 35.5. The maximum atomic E-state index is 12.0. The highest BCUT2D eigenvalue weighted by Crippen LogP contribution is 2.32. The first-order chi connectivity index (χ1) is 12.6. The number of nitrogens with one attached hydrogen (secondary N) is 1. The molecule has 7 heteroatoms. The van der Waals surface area contributed by atoms with E-state index in [1.54, 1.807) is 54.6 Å². The van der Waals surface area contributed by atoms with E-state index in [1.807, 2.05) is 0 Å². The van der Waals surface area contributed by atoms with Gasteiger partial charge in [0.15, 0.2) is 11.5 Å². The first kappa shape index (κ1) is 18.2. The Bertz CT molecular complexity index is 861. The second-order valence-electron chi connectivity index (χ2n) is 5.21. The van der Waals surface area contributed by atoms with Crippen LogP contribution in [0.3, 0.4) is 0 Å². The first-order valence-corrected chi connectivity index (χ1v) is 8.53. The Morgan fingerprint density at radius 3 is 2.42 bits per heavy atom. The van der Waals surface area contributed by atoms with E-state index in [-0.39, 0.29) is 24.9 Å². The fourth-order valence-corrected chi connectivity index (χ4v) is 2.69. The van der Waals surface area contributed by atoms with Gasteiger partial charge in [-0.3, -0.25) is 4.79 Å². The number of carbonyl (C=O) groups is 1. The van der Waals surface area contributed by atoms with Gasteiger partial charge in [-0.25, -0.2) is 0 Å². The first-order valence-electron chi connectivity index (χ1n) is 7.78. The van der Waals surface area contributed by atoms with Gasteiger partial charge in [0.05, 0.1) is 16.3 Å². The molecule has 0 saturated heterocycles. The van der Waals surface area contributed by atoms with Crippen LogP contribution in [-0.4, -0.2) is 19.1 Å². The Hall–Kier alpha value is -2.63. The van der Waals surface area contributed by atoms with Crippen molar-refractivity contribution in [3.63, 3.8) is 0 Å². The third-order valence-electron chi connectivity index (χ3n) is 3.35. The van der Waals surface area contributed by atoms with Gasteiger partial charge in [-0.1, -0.05) is 35.3 Å². The highest BCUT2D eigenvalue weighted by molar-refractivity contribution is 6.37. The molecule has 1 N–H and O–H groups in total. The predicted molar refractivity (Wildman–Crippen MR) is 101 cm³/mol. The quantitative estimate of drug-likeness (QED) is 0.555. The van der Waals surface area contributed by atoms with E-state index in [9.17, 15) is 4.79 Å². The lowest BCUT2D eigenvalue weighted by molar-refractivity contribution is 0.0996. The van der Waals surface area contributed by atoms with Crippen molar-refractivity contribution in [3.05, 3.63) is 76.7 Å². The zero-order chi connectivity index (χ0) is 18.4. The molecule has 0 bridgehead atoms. The van der Waals surface area contributed by atoms with Crippen LogP contribution < -0.4 is 14.8 Å². The molecule has 0 radical (unpaired) electrons. The second-order valence-corrected chi connectivity index (χ2v) is 6.02. The van der Waals surface area contributed by atoms with Crippen molar-refractivity contribution in [2.45, 2.75) is 0 Å². The lowest BCUT2D eigenvalue weighted by atomic mass is 10.3. The topological polar surface area (TPSA) is 60.7 Å². The average Bonchev–Trinajstić information content (AvgIpc) is 3.16. The Morgan fingerprint density at radius 1 is 0.962 bits per heavy atom. The number of furan rings is 1. The molecule has 134 valence electrons. The van der Waals surface area contributed by atoms with Crippen molar-refractivity contribution >= 4 is 34.8 Å². The third kappa shape index (κ3) is 4.71. The summed E-state index contributed by atoms with van der Waals surface area (Å²) in [7, 11) is 0. The van der Waals surface area contributed by atoms with E-state index >= 15 is 0 Å². The number of anilines is 1. The minimum atomic E-state index is -0.330. The van der Waals surface area contributed by atoms with E-state index in [0.29, 0.717) is 27.2 Å². The van der Waals surface area contributed by atoms with Crippen molar-refractivity contribution in [2.24, 2.45) is 0 Å². The van der Waals surface area contributed by atoms with Crippen molar-refractivity contribution in [2.75, 3.05) is 18.5 Å². The van der Waals surface area contributed by atoms with Gasteiger partial charge in [-0.05, 0) is 36.4 Å². The van der Waals surface area contributed by atoms with Gasteiger partial charge in [-0.15, -0.1) is 0 Å². The molecule has 3 aromatic rings. The zero-order valence-corrected chi connectivity index (χ0v) is 15.1.